The lowest BCUT2D eigenvalue weighted by Gasteiger charge is -2.23. The molecule has 1 N–H and O–H groups in total. The molecule has 1 saturated carbocycles. The maximum Gasteiger partial charge on any atom is 0.330 e. The minimum Gasteiger partial charge on any atom is -0.467 e. The Labute approximate surface area is 127 Å². The Kier molecular flexibility index (Phi) is 4.18. The fourth-order valence-electron chi connectivity index (χ4n) is 2.30. The predicted octanol–water partition coefficient (Wildman–Crippen LogP) is 2.62. The van der Waals surface area contributed by atoms with Crippen LogP contribution in [0, 0.1) is 5.92 Å². The average Bonchev–Trinajstić information content (AvgIpc) is 3.17. The summed E-state index contributed by atoms with van der Waals surface area (Å²) in [6, 6.07) is 7.98. The van der Waals surface area contributed by atoms with Crippen molar-refractivity contribution in [2.24, 2.45) is 5.92 Å². The summed E-state index contributed by atoms with van der Waals surface area (Å²) in [4.78, 5) is 23.7. The number of carbonyl (C=O) groups is 2. The van der Waals surface area contributed by atoms with Crippen molar-refractivity contribution in [1.29, 1.82) is 0 Å². The molecule has 0 aromatic heterocycles. The van der Waals surface area contributed by atoms with E-state index in [1.807, 2.05) is 24.3 Å². The van der Waals surface area contributed by atoms with E-state index in [0.29, 0.717) is 0 Å². The first-order valence-electron chi connectivity index (χ1n) is 6.51. The first-order chi connectivity index (χ1) is 9.35. The van der Waals surface area contributed by atoms with Crippen LogP contribution in [0.4, 0.5) is 0 Å². The molecule has 0 radical (unpaired) electrons. The van der Waals surface area contributed by atoms with Gasteiger partial charge in [-0.1, -0.05) is 28.1 Å². The van der Waals surface area contributed by atoms with Gasteiger partial charge in [0.25, 0.3) is 0 Å². The maximum absolute atomic E-state index is 12.2. The largest absolute Gasteiger partial charge is 0.467 e. The van der Waals surface area contributed by atoms with E-state index in [-0.39, 0.29) is 17.7 Å². The zero-order valence-corrected chi connectivity index (χ0v) is 13.4. The molecule has 1 aliphatic rings. The molecule has 0 aliphatic heterocycles. The Balaban J connectivity index is 1.98. The van der Waals surface area contributed by atoms with Gasteiger partial charge in [0.2, 0.25) is 5.91 Å². The molecular weight excluding hydrogens is 322 g/mol. The van der Waals surface area contributed by atoms with Crippen molar-refractivity contribution in [3.63, 3.8) is 0 Å². The number of nitrogens with one attached hydrogen (secondary N) is 1. The zero-order valence-electron chi connectivity index (χ0n) is 11.8. The number of hydrogen-bond donors (Lipinski definition) is 1. The summed E-state index contributed by atoms with van der Waals surface area (Å²) < 4.78 is 5.69. The molecule has 0 saturated heterocycles. The van der Waals surface area contributed by atoms with Crippen LogP contribution < -0.4 is 5.32 Å². The van der Waals surface area contributed by atoms with Crippen molar-refractivity contribution in [1.82, 2.24) is 5.32 Å². The highest BCUT2D eigenvalue weighted by atomic mass is 79.9. The van der Waals surface area contributed by atoms with Gasteiger partial charge in [-0.2, -0.15) is 0 Å². The van der Waals surface area contributed by atoms with Gasteiger partial charge in [0.1, 0.15) is 5.54 Å². The Morgan fingerprint density at radius 2 is 2.10 bits per heavy atom. The van der Waals surface area contributed by atoms with Crippen LogP contribution in [0.5, 0.6) is 0 Å². The molecule has 1 amide bonds. The summed E-state index contributed by atoms with van der Waals surface area (Å²) in [6.45, 7) is 3.29. The summed E-state index contributed by atoms with van der Waals surface area (Å²) in [7, 11) is 1.32. The molecular formula is C15H18BrNO3. The number of rotatable bonds is 4. The van der Waals surface area contributed by atoms with E-state index in [9.17, 15) is 9.59 Å². The second kappa shape index (κ2) is 5.56. The van der Waals surface area contributed by atoms with E-state index in [0.717, 1.165) is 16.5 Å². The van der Waals surface area contributed by atoms with Crippen molar-refractivity contribution < 1.29 is 14.3 Å². The number of halogens is 1. The summed E-state index contributed by atoms with van der Waals surface area (Å²) in [6.07, 6.45) is 0.819. The fourth-order valence-corrected chi connectivity index (χ4v) is 2.71. The average molecular weight is 340 g/mol. The molecule has 0 unspecified atom stereocenters. The second-order valence-corrected chi connectivity index (χ2v) is 6.53. The SMILES string of the molecule is COC(=O)C(C)(C)NC(=O)[C@H]1C[C@@H]1c1cccc(Br)c1. The van der Waals surface area contributed by atoms with E-state index in [2.05, 4.69) is 26.0 Å². The van der Waals surface area contributed by atoms with Crippen molar-refractivity contribution >= 4 is 27.8 Å². The highest BCUT2D eigenvalue weighted by Crippen LogP contribution is 2.48. The number of hydrogen-bond acceptors (Lipinski definition) is 3. The van der Waals surface area contributed by atoms with Gasteiger partial charge >= 0.3 is 5.97 Å². The van der Waals surface area contributed by atoms with Gasteiger partial charge in [0, 0.05) is 10.4 Å². The van der Waals surface area contributed by atoms with Crippen molar-refractivity contribution in [3.05, 3.63) is 34.3 Å². The van der Waals surface area contributed by atoms with E-state index in [1.54, 1.807) is 13.8 Å². The topological polar surface area (TPSA) is 55.4 Å². The molecule has 5 heteroatoms. The van der Waals surface area contributed by atoms with E-state index >= 15 is 0 Å². The fraction of sp³-hybridized carbons (Fsp3) is 0.467. The molecule has 2 rings (SSSR count). The molecule has 4 nitrogen and oxygen atoms in total. The number of ether oxygens (including phenoxy) is 1. The van der Waals surface area contributed by atoms with Gasteiger partial charge in [-0.15, -0.1) is 0 Å². The molecule has 0 bridgehead atoms. The maximum atomic E-state index is 12.2. The molecule has 1 aliphatic carbocycles. The van der Waals surface area contributed by atoms with Crippen LogP contribution in [0.1, 0.15) is 31.7 Å². The Hall–Kier alpha value is -1.36. The Morgan fingerprint density at radius 3 is 2.70 bits per heavy atom. The van der Waals surface area contributed by atoms with Crippen molar-refractivity contribution in [2.45, 2.75) is 31.7 Å². The van der Waals surface area contributed by atoms with E-state index in [4.69, 9.17) is 0 Å². The molecule has 20 heavy (non-hydrogen) atoms. The van der Waals surface area contributed by atoms with Crippen LogP contribution in [0.15, 0.2) is 28.7 Å². The van der Waals surface area contributed by atoms with Crippen molar-refractivity contribution in [3.8, 4) is 0 Å². The third-order valence-electron chi connectivity index (χ3n) is 3.54. The summed E-state index contributed by atoms with van der Waals surface area (Å²) in [5, 5.41) is 2.76. The summed E-state index contributed by atoms with van der Waals surface area (Å²) in [5.74, 6) is -0.356. The van der Waals surface area contributed by atoms with Crippen LogP contribution in [0.25, 0.3) is 0 Å². The van der Waals surface area contributed by atoms with Gasteiger partial charge in [-0.25, -0.2) is 4.79 Å². The van der Waals surface area contributed by atoms with Gasteiger partial charge in [0.15, 0.2) is 0 Å². The highest BCUT2D eigenvalue weighted by Gasteiger charge is 2.46. The lowest BCUT2D eigenvalue weighted by Crippen LogP contribution is -2.51. The molecule has 108 valence electrons. The third kappa shape index (κ3) is 3.20. The normalized spacial score (nSPS) is 21.2. The quantitative estimate of drug-likeness (QED) is 0.858. The number of amides is 1. The number of methoxy groups -OCH3 is 1. The van der Waals surface area contributed by atoms with Gasteiger partial charge in [0.05, 0.1) is 7.11 Å². The number of benzene rings is 1. The van der Waals surface area contributed by atoms with Crippen LogP contribution in [0.2, 0.25) is 0 Å². The first-order valence-corrected chi connectivity index (χ1v) is 7.30. The summed E-state index contributed by atoms with van der Waals surface area (Å²) in [5.41, 5.74) is 0.159. The summed E-state index contributed by atoms with van der Waals surface area (Å²) >= 11 is 3.43. The third-order valence-corrected chi connectivity index (χ3v) is 4.03. The number of carbonyl (C=O) groups excluding carboxylic acids is 2. The van der Waals surface area contributed by atoms with Crippen LogP contribution in [-0.2, 0) is 14.3 Å². The Morgan fingerprint density at radius 1 is 1.40 bits per heavy atom. The lowest BCUT2D eigenvalue weighted by atomic mass is 10.0. The molecule has 0 spiro atoms. The zero-order chi connectivity index (χ0) is 14.9. The molecule has 0 heterocycles. The Bertz CT molecular complexity index is 542. The molecule has 2 atom stereocenters. The minimum atomic E-state index is -0.990. The molecule has 1 fully saturated rings. The highest BCUT2D eigenvalue weighted by molar-refractivity contribution is 9.10. The van der Waals surface area contributed by atoms with Crippen LogP contribution >= 0.6 is 15.9 Å². The van der Waals surface area contributed by atoms with Crippen LogP contribution in [0.3, 0.4) is 0 Å². The van der Waals surface area contributed by atoms with E-state index in [1.165, 1.54) is 7.11 Å². The lowest BCUT2D eigenvalue weighted by molar-refractivity contribution is -0.149. The van der Waals surface area contributed by atoms with E-state index < -0.39 is 11.5 Å². The van der Waals surface area contributed by atoms with Gasteiger partial charge < -0.3 is 10.1 Å². The number of esters is 1. The monoisotopic (exact) mass is 339 g/mol. The van der Waals surface area contributed by atoms with Gasteiger partial charge in [-0.3, -0.25) is 4.79 Å². The van der Waals surface area contributed by atoms with Crippen molar-refractivity contribution in [2.75, 3.05) is 7.11 Å². The smallest absolute Gasteiger partial charge is 0.330 e. The van der Waals surface area contributed by atoms with Gasteiger partial charge in [-0.05, 0) is 43.9 Å². The predicted molar refractivity (Wildman–Crippen MR) is 79.2 cm³/mol. The molecule has 1 aromatic rings. The minimum absolute atomic E-state index is 0.0618. The molecule has 1 aromatic carbocycles. The second-order valence-electron chi connectivity index (χ2n) is 5.61. The first kappa shape index (κ1) is 15.0. The standard InChI is InChI=1S/C15H18BrNO3/c1-15(2,14(19)20-3)17-13(18)12-8-11(12)9-5-4-6-10(16)7-9/h4-7,11-12H,8H2,1-3H3,(H,17,18)/t11-,12+/m1/s1. The van der Waals surface area contributed by atoms with Crippen LogP contribution in [-0.4, -0.2) is 24.5 Å².